The van der Waals surface area contributed by atoms with Crippen molar-refractivity contribution in [1.82, 2.24) is 0 Å². The molecule has 0 radical (unpaired) electrons. The fourth-order valence-electron chi connectivity index (χ4n) is 0.759. The van der Waals surface area contributed by atoms with Crippen molar-refractivity contribution in [1.29, 1.82) is 0 Å². The zero-order chi connectivity index (χ0) is 9.40. The van der Waals surface area contributed by atoms with Crippen molar-refractivity contribution in [2.45, 2.75) is 32.8 Å². The van der Waals surface area contributed by atoms with Crippen molar-refractivity contribution < 1.29 is 9.84 Å². The highest BCUT2D eigenvalue weighted by molar-refractivity contribution is 4.80. The van der Waals surface area contributed by atoms with E-state index in [4.69, 9.17) is 4.74 Å². The highest BCUT2D eigenvalue weighted by Gasteiger charge is 2.09. The fraction of sp³-hybridized carbons (Fsp3) is 0.800. The van der Waals surface area contributed by atoms with Crippen molar-refractivity contribution >= 4 is 0 Å². The molecule has 72 valence electrons. The molecular formula is C10H20O2. The molecule has 0 aromatic rings. The predicted molar refractivity (Wildman–Crippen MR) is 51.1 cm³/mol. The Morgan fingerprint density at radius 3 is 2.75 bits per heavy atom. The summed E-state index contributed by atoms with van der Waals surface area (Å²) in [5.74, 6) is 0.117. The summed E-state index contributed by atoms with van der Waals surface area (Å²) in [4.78, 5) is 0. The van der Waals surface area contributed by atoms with E-state index in [-0.39, 0.29) is 5.92 Å². The van der Waals surface area contributed by atoms with Crippen molar-refractivity contribution in [2.75, 3.05) is 13.2 Å². The van der Waals surface area contributed by atoms with Gasteiger partial charge in [0.1, 0.15) is 0 Å². The van der Waals surface area contributed by atoms with Gasteiger partial charge in [-0.15, -0.1) is 6.58 Å². The third-order valence-electron chi connectivity index (χ3n) is 1.91. The minimum absolute atomic E-state index is 0.117. The number of rotatable bonds is 7. The third-order valence-corrected chi connectivity index (χ3v) is 1.91. The van der Waals surface area contributed by atoms with Gasteiger partial charge in [-0.25, -0.2) is 0 Å². The summed E-state index contributed by atoms with van der Waals surface area (Å²) in [6, 6.07) is 0. The highest BCUT2D eigenvalue weighted by atomic mass is 16.5. The van der Waals surface area contributed by atoms with Gasteiger partial charge in [0.25, 0.3) is 0 Å². The number of aliphatic hydroxyl groups is 1. The molecule has 0 aliphatic heterocycles. The van der Waals surface area contributed by atoms with Crippen LogP contribution < -0.4 is 0 Å². The standard InChI is InChI=1S/C10H20O2/c1-4-6-7-12-8-10(11)9(3)5-2/h5,9-11H,2,4,6-8H2,1,3H3/t9-,10+/m0/s1. The molecule has 0 saturated heterocycles. The lowest BCUT2D eigenvalue weighted by molar-refractivity contribution is 0.0183. The molecule has 0 aliphatic carbocycles. The molecule has 2 heteroatoms. The lowest BCUT2D eigenvalue weighted by Crippen LogP contribution is -2.22. The Balaban J connectivity index is 3.30. The molecule has 0 bridgehead atoms. The van der Waals surface area contributed by atoms with Crippen LogP contribution in [0.2, 0.25) is 0 Å². The van der Waals surface area contributed by atoms with E-state index in [1.165, 1.54) is 0 Å². The molecule has 0 saturated carbocycles. The van der Waals surface area contributed by atoms with Gasteiger partial charge in [-0.2, -0.15) is 0 Å². The summed E-state index contributed by atoms with van der Waals surface area (Å²) in [5.41, 5.74) is 0. The van der Waals surface area contributed by atoms with Crippen molar-refractivity contribution in [3.05, 3.63) is 12.7 Å². The number of hydrogen-bond donors (Lipinski definition) is 1. The Labute approximate surface area is 75.2 Å². The van der Waals surface area contributed by atoms with Gasteiger partial charge in [-0.3, -0.25) is 0 Å². The Kier molecular flexibility index (Phi) is 7.11. The average Bonchev–Trinajstić information content (AvgIpc) is 2.10. The number of hydrogen-bond acceptors (Lipinski definition) is 2. The molecule has 0 unspecified atom stereocenters. The van der Waals surface area contributed by atoms with E-state index in [1.54, 1.807) is 6.08 Å². The van der Waals surface area contributed by atoms with Crippen LogP contribution in [0.15, 0.2) is 12.7 Å². The zero-order valence-electron chi connectivity index (χ0n) is 8.12. The predicted octanol–water partition coefficient (Wildman–Crippen LogP) is 1.99. The van der Waals surface area contributed by atoms with E-state index in [1.807, 2.05) is 6.92 Å². The summed E-state index contributed by atoms with van der Waals surface area (Å²) >= 11 is 0. The van der Waals surface area contributed by atoms with Crippen LogP contribution in [0.3, 0.4) is 0 Å². The first-order chi connectivity index (χ1) is 5.72. The van der Waals surface area contributed by atoms with E-state index in [0.717, 1.165) is 19.4 Å². The van der Waals surface area contributed by atoms with Crippen LogP contribution in [-0.2, 0) is 4.74 Å². The molecule has 0 aromatic heterocycles. The minimum Gasteiger partial charge on any atom is -0.390 e. The lowest BCUT2D eigenvalue weighted by atomic mass is 10.1. The molecule has 12 heavy (non-hydrogen) atoms. The van der Waals surface area contributed by atoms with E-state index < -0.39 is 6.10 Å². The van der Waals surface area contributed by atoms with Gasteiger partial charge in [0, 0.05) is 12.5 Å². The van der Waals surface area contributed by atoms with Crippen LogP contribution in [0.5, 0.6) is 0 Å². The van der Waals surface area contributed by atoms with Crippen LogP contribution in [0.4, 0.5) is 0 Å². The zero-order valence-corrected chi connectivity index (χ0v) is 8.12. The Hall–Kier alpha value is -0.340. The summed E-state index contributed by atoms with van der Waals surface area (Å²) in [7, 11) is 0. The van der Waals surface area contributed by atoms with Gasteiger partial charge in [-0.05, 0) is 6.42 Å². The Bertz CT molecular complexity index is 112. The van der Waals surface area contributed by atoms with Crippen molar-refractivity contribution in [3.8, 4) is 0 Å². The summed E-state index contributed by atoms with van der Waals surface area (Å²) in [6.07, 6.45) is 3.54. The second-order valence-corrected chi connectivity index (χ2v) is 3.09. The Morgan fingerprint density at radius 2 is 2.25 bits per heavy atom. The number of unbranched alkanes of at least 4 members (excludes halogenated alkanes) is 1. The second kappa shape index (κ2) is 7.32. The van der Waals surface area contributed by atoms with Crippen LogP contribution in [-0.4, -0.2) is 24.4 Å². The maximum atomic E-state index is 9.42. The molecule has 0 aromatic carbocycles. The molecular weight excluding hydrogens is 152 g/mol. The topological polar surface area (TPSA) is 29.5 Å². The molecule has 2 atom stereocenters. The molecule has 0 rings (SSSR count). The first-order valence-corrected chi connectivity index (χ1v) is 4.60. The van der Waals surface area contributed by atoms with Crippen LogP contribution in [0.25, 0.3) is 0 Å². The fourth-order valence-corrected chi connectivity index (χ4v) is 0.759. The summed E-state index contributed by atoms with van der Waals surface area (Å²) < 4.78 is 5.26. The largest absolute Gasteiger partial charge is 0.390 e. The van der Waals surface area contributed by atoms with Gasteiger partial charge in [0.05, 0.1) is 12.7 Å². The Morgan fingerprint density at radius 1 is 1.58 bits per heavy atom. The van der Waals surface area contributed by atoms with Crippen molar-refractivity contribution in [3.63, 3.8) is 0 Å². The van der Waals surface area contributed by atoms with E-state index in [0.29, 0.717) is 6.61 Å². The lowest BCUT2D eigenvalue weighted by Gasteiger charge is -2.14. The SMILES string of the molecule is C=C[C@H](C)[C@H](O)COCCCC. The van der Waals surface area contributed by atoms with Crippen LogP contribution >= 0.6 is 0 Å². The smallest absolute Gasteiger partial charge is 0.0833 e. The molecule has 0 spiro atoms. The molecule has 2 nitrogen and oxygen atoms in total. The first-order valence-electron chi connectivity index (χ1n) is 4.60. The minimum atomic E-state index is -0.403. The molecule has 0 aliphatic rings. The maximum absolute atomic E-state index is 9.42. The highest BCUT2D eigenvalue weighted by Crippen LogP contribution is 2.04. The molecule has 1 N–H and O–H groups in total. The average molecular weight is 172 g/mol. The summed E-state index contributed by atoms with van der Waals surface area (Å²) in [6.45, 7) is 8.83. The second-order valence-electron chi connectivity index (χ2n) is 3.09. The van der Waals surface area contributed by atoms with Crippen LogP contribution in [0.1, 0.15) is 26.7 Å². The van der Waals surface area contributed by atoms with E-state index in [2.05, 4.69) is 13.5 Å². The van der Waals surface area contributed by atoms with Gasteiger partial charge < -0.3 is 9.84 Å². The van der Waals surface area contributed by atoms with Crippen molar-refractivity contribution in [2.24, 2.45) is 5.92 Å². The monoisotopic (exact) mass is 172 g/mol. The number of aliphatic hydroxyl groups excluding tert-OH is 1. The third kappa shape index (κ3) is 5.33. The summed E-state index contributed by atoms with van der Waals surface area (Å²) in [5, 5.41) is 9.42. The van der Waals surface area contributed by atoms with Crippen LogP contribution in [0, 0.1) is 5.92 Å². The maximum Gasteiger partial charge on any atom is 0.0833 e. The number of ether oxygens (including phenoxy) is 1. The molecule has 0 fully saturated rings. The first kappa shape index (κ1) is 11.7. The van der Waals surface area contributed by atoms with E-state index in [9.17, 15) is 5.11 Å². The van der Waals surface area contributed by atoms with Gasteiger partial charge in [-0.1, -0.05) is 26.3 Å². The van der Waals surface area contributed by atoms with Gasteiger partial charge >= 0.3 is 0 Å². The molecule has 0 amide bonds. The normalized spacial score (nSPS) is 15.6. The van der Waals surface area contributed by atoms with Gasteiger partial charge in [0.15, 0.2) is 0 Å². The molecule has 0 heterocycles. The van der Waals surface area contributed by atoms with E-state index >= 15 is 0 Å². The quantitative estimate of drug-likeness (QED) is 0.470. The van der Waals surface area contributed by atoms with Gasteiger partial charge in [0.2, 0.25) is 0 Å².